The monoisotopic (exact) mass is 267 g/mol. The van der Waals surface area contributed by atoms with Gasteiger partial charge in [-0.05, 0) is 17.7 Å². The molecule has 100 valence electrons. The zero-order valence-electron chi connectivity index (χ0n) is 10.9. The first-order valence-corrected chi connectivity index (χ1v) is 6.15. The van der Waals surface area contributed by atoms with Crippen LogP contribution in [0.25, 0.3) is 11.0 Å². The maximum absolute atomic E-state index is 5.12. The van der Waals surface area contributed by atoms with Gasteiger partial charge in [-0.3, -0.25) is 0 Å². The molecule has 2 aromatic heterocycles. The van der Waals surface area contributed by atoms with Crippen LogP contribution in [0.2, 0.25) is 0 Å². The standard InChI is InChI=1S/C14H13N5O/c1-20-11-4-2-10(3-5-11)6-16-14-17-8-12-13(19-14)7-15-9-18-12/h2-5,7-9H,6H2,1H3,(H,16,17,19). The number of benzene rings is 1. The van der Waals surface area contributed by atoms with Gasteiger partial charge in [0.25, 0.3) is 0 Å². The molecule has 0 bridgehead atoms. The van der Waals surface area contributed by atoms with Gasteiger partial charge in [0.05, 0.1) is 19.5 Å². The van der Waals surface area contributed by atoms with Gasteiger partial charge in [-0.25, -0.2) is 19.9 Å². The summed E-state index contributed by atoms with van der Waals surface area (Å²) in [5.74, 6) is 1.40. The first kappa shape index (κ1) is 12.3. The fourth-order valence-corrected chi connectivity index (χ4v) is 1.79. The van der Waals surface area contributed by atoms with E-state index in [2.05, 4.69) is 25.3 Å². The molecule has 0 radical (unpaired) electrons. The van der Waals surface area contributed by atoms with Crippen LogP contribution in [0.3, 0.4) is 0 Å². The Bertz CT molecular complexity index is 714. The predicted molar refractivity (Wildman–Crippen MR) is 75.4 cm³/mol. The summed E-state index contributed by atoms with van der Waals surface area (Å²) in [6.07, 6.45) is 4.83. The van der Waals surface area contributed by atoms with Gasteiger partial charge in [0.1, 0.15) is 23.1 Å². The third kappa shape index (κ3) is 2.64. The summed E-state index contributed by atoms with van der Waals surface area (Å²) < 4.78 is 5.12. The van der Waals surface area contributed by atoms with Crippen molar-refractivity contribution < 1.29 is 4.74 Å². The quantitative estimate of drug-likeness (QED) is 0.779. The number of nitrogens with one attached hydrogen (secondary N) is 1. The van der Waals surface area contributed by atoms with E-state index in [1.807, 2.05) is 24.3 Å². The molecule has 0 amide bonds. The van der Waals surface area contributed by atoms with E-state index in [1.54, 1.807) is 19.5 Å². The van der Waals surface area contributed by atoms with Crippen LogP contribution in [0.15, 0.2) is 43.0 Å². The van der Waals surface area contributed by atoms with Crippen molar-refractivity contribution in [2.75, 3.05) is 12.4 Å². The Morgan fingerprint density at radius 1 is 1.05 bits per heavy atom. The molecule has 1 N–H and O–H groups in total. The van der Waals surface area contributed by atoms with Crippen LogP contribution < -0.4 is 10.1 Å². The van der Waals surface area contributed by atoms with E-state index in [9.17, 15) is 0 Å². The van der Waals surface area contributed by atoms with Crippen LogP contribution in [0.1, 0.15) is 5.56 Å². The van der Waals surface area contributed by atoms with Crippen molar-refractivity contribution in [1.82, 2.24) is 19.9 Å². The van der Waals surface area contributed by atoms with Gasteiger partial charge in [-0.2, -0.15) is 0 Å². The van der Waals surface area contributed by atoms with Crippen LogP contribution in [0.5, 0.6) is 5.75 Å². The zero-order valence-corrected chi connectivity index (χ0v) is 10.9. The van der Waals surface area contributed by atoms with Crippen LogP contribution >= 0.6 is 0 Å². The van der Waals surface area contributed by atoms with E-state index in [1.165, 1.54) is 6.33 Å². The zero-order chi connectivity index (χ0) is 13.8. The normalized spacial score (nSPS) is 10.4. The summed E-state index contributed by atoms with van der Waals surface area (Å²) >= 11 is 0. The number of fused-ring (bicyclic) bond motifs is 1. The Hall–Kier alpha value is -2.76. The third-order valence-corrected chi connectivity index (χ3v) is 2.87. The molecular formula is C14H13N5O. The summed E-state index contributed by atoms with van der Waals surface area (Å²) in [5.41, 5.74) is 2.58. The van der Waals surface area contributed by atoms with Gasteiger partial charge in [0, 0.05) is 6.54 Å². The maximum atomic E-state index is 5.12. The van der Waals surface area contributed by atoms with Crippen molar-refractivity contribution in [3.63, 3.8) is 0 Å². The van der Waals surface area contributed by atoms with E-state index >= 15 is 0 Å². The number of ether oxygens (including phenoxy) is 1. The van der Waals surface area contributed by atoms with E-state index in [0.717, 1.165) is 22.3 Å². The van der Waals surface area contributed by atoms with E-state index in [0.29, 0.717) is 12.5 Å². The number of methoxy groups -OCH3 is 1. The van der Waals surface area contributed by atoms with Crippen molar-refractivity contribution in [2.45, 2.75) is 6.54 Å². The number of hydrogen-bond acceptors (Lipinski definition) is 6. The minimum Gasteiger partial charge on any atom is -0.497 e. The van der Waals surface area contributed by atoms with Gasteiger partial charge < -0.3 is 10.1 Å². The highest BCUT2D eigenvalue weighted by atomic mass is 16.5. The van der Waals surface area contributed by atoms with Gasteiger partial charge in [-0.1, -0.05) is 12.1 Å². The Balaban J connectivity index is 1.72. The summed E-state index contributed by atoms with van der Waals surface area (Å²) in [4.78, 5) is 16.6. The number of aromatic nitrogens is 4. The molecule has 0 fully saturated rings. The van der Waals surface area contributed by atoms with Crippen LogP contribution in [-0.2, 0) is 6.54 Å². The molecule has 0 unspecified atom stereocenters. The molecule has 2 heterocycles. The molecule has 6 nitrogen and oxygen atoms in total. The van der Waals surface area contributed by atoms with Crippen molar-refractivity contribution in [2.24, 2.45) is 0 Å². The topological polar surface area (TPSA) is 72.8 Å². The Morgan fingerprint density at radius 3 is 2.70 bits per heavy atom. The van der Waals surface area contributed by atoms with Crippen LogP contribution in [0.4, 0.5) is 5.95 Å². The lowest BCUT2D eigenvalue weighted by Crippen LogP contribution is -2.03. The molecule has 0 saturated heterocycles. The average molecular weight is 267 g/mol. The minimum atomic E-state index is 0.558. The minimum absolute atomic E-state index is 0.558. The second kappa shape index (κ2) is 5.48. The molecule has 3 aromatic rings. The highest BCUT2D eigenvalue weighted by molar-refractivity contribution is 5.72. The highest BCUT2D eigenvalue weighted by Gasteiger charge is 2.01. The molecule has 1 aromatic carbocycles. The SMILES string of the molecule is COc1ccc(CNc2ncc3ncncc3n2)cc1. The van der Waals surface area contributed by atoms with Crippen LogP contribution in [-0.4, -0.2) is 27.0 Å². The molecule has 0 saturated carbocycles. The molecule has 0 aliphatic rings. The predicted octanol–water partition coefficient (Wildman–Crippen LogP) is 2.04. The Labute approximate surface area is 115 Å². The van der Waals surface area contributed by atoms with Gasteiger partial charge in [-0.15, -0.1) is 0 Å². The van der Waals surface area contributed by atoms with Crippen molar-refractivity contribution >= 4 is 17.0 Å². The first-order valence-electron chi connectivity index (χ1n) is 6.15. The number of anilines is 1. The summed E-state index contributed by atoms with van der Waals surface area (Å²) in [6, 6.07) is 7.84. The first-order chi connectivity index (χ1) is 9.85. The van der Waals surface area contributed by atoms with Gasteiger partial charge >= 0.3 is 0 Å². The summed E-state index contributed by atoms with van der Waals surface area (Å²) in [5, 5.41) is 3.17. The lowest BCUT2D eigenvalue weighted by molar-refractivity contribution is 0.414. The van der Waals surface area contributed by atoms with Crippen molar-refractivity contribution in [3.05, 3.63) is 48.5 Å². The molecule has 0 spiro atoms. The van der Waals surface area contributed by atoms with Crippen molar-refractivity contribution in [1.29, 1.82) is 0 Å². The summed E-state index contributed by atoms with van der Waals surface area (Å²) in [7, 11) is 1.65. The number of hydrogen-bond donors (Lipinski definition) is 1. The van der Waals surface area contributed by atoms with E-state index < -0.39 is 0 Å². The van der Waals surface area contributed by atoms with Crippen LogP contribution in [0, 0.1) is 0 Å². The van der Waals surface area contributed by atoms with Gasteiger partial charge in [0.2, 0.25) is 5.95 Å². The lowest BCUT2D eigenvalue weighted by atomic mass is 10.2. The lowest BCUT2D eigenvalue weighted by Gasteiger charge is -2.06. The van der Waals surface area contributed by atoms with Gasteiger partial charge in [0.15, 0.2) is 0 Å². The van der Waals surface area contributed by atoms with E-state index in [-0.39, 0.29) is 0 Å². The highest BCUT2D eigenvalue weighted by Crippen LogP contribution is 2.13. The molecule has 20 heavy (non-hydrogen) atoms. The van der Waals surface area contributed by atoms with Crippen molar-refractivity contribution in [3.8, 4) is 5.75 Å². The molecule has 6 heteroatoms. The molecular weight excluding hydrogens is 254 g/mol. The number of rotatable bonds is 4. The number of nitrogens with zero attached hydrogens (tertiary/aromatic N) is 4. The Kier molecular flexibility index (Phi) is 3.36. The molecule has 0 aliphatic carbocycles. The fourth-order valence-electron chi connectivity index (χ4n) is 1.79. The molecule has 0 atom stereocenters. The maximum Gasteiger partial charge on any atom is 0.223 e. The Morgan fingerprint density at radius 2 is 1.90 bits per heavy atom. The third-order valence-electron chi connectivity index (χ3n) is 2.87. The largest absolute Gasteiger partial charge is 0.497 e. The second-order valence-corrected chi connectivity index (χ2v) is 4.19. The smallest absolute Gasteiger partial charge is 0.223 e. The average Bonchev–Trinajstić information content (AvgIpc) is 2.53. The fraction of sp³-hybridized carbons (Fsp3) is 0.143. The molecule has 0 aliphatic heterocycles. The van der Waals surface area contributed by atoms with E-state index in [4.69, 9.17) is 4.74 Å². The second-order valence-electron chi connectivity index (χ2n) is 4.19. The molecule has 3 rings (SSSR count). The summed E-state index contributed by atoms with van der Waals surface area (Å²) in [6.45, 7) is 0.642.